The van der Waals surface area contributed by atoms with Crippen molar-refractivity contribution in [1.29, 1.82) is 0 Å². The van der Waals surface area contributed by atoms with Crippen molar-refractivity contribution in [2.45, 2.75) is 38.3 Å². The highest BCUT2D eigenvalue weighted by molar-refractivity contribution is 5.46. The first-order valence-corrected chi connectivity index (χ1v) is 7.02. The summed E-state index contributed by atoms with van der Waals surface area (Å²) < 4.78 is 5.95. The van der Waals surface area contributed by atoms with Crippen LogP contribution in [0, 0.1) is 0 Å². The Bertz CT molecular complexity index is 484. The zero-order valence-electron chi connectivity index (χ0n) is 11.1. The summed E-state index contributed by atoms with van der Waals surface area (Å²) in [4.78, 5) is 3.06. The number of benzene rings is 1. The zero-order valence-corrected chi connectivity index (χ0v) is 11.1. The highest BCUT2D eigenvalue weighted by Gasteiger charge is 2.16. The lowest BCUT2D eigenvalue weighted by Crippen LogP contribution is -2.10. The Labute approximate surface area is 114 Å². The molecule has 1 saturated carbocycles. The van der Waals surface area contributed by atoms with E-state index in [1.807, 2.05) is 12.4 Å². The molecule has 1 aliphatic rings. The van der Waals surface area contributed by atoms with Crippen LogP contribution in [0.15, 0.2) is 42.7 Å². The van der Waals surface area contributed by atoms with Gasteiger partial charge >= 0.3 is 0 Å². The summed E-state index contributed by atoms with van der Waals surface area (Å²) >= 11 is 0. The van der Waals surface area contributed by atoms with Crippen LogP contribution in [0.4, 0.5) is 5.69 Å². The van der Waals surface area contributed by atoms with Gasteiger partial charge in [0.2, 0.25) is 0 Å². The van der Waals surface area contributed by atoms with E-state index in [9.17, 15) is 0 Å². The smallest absolute Gasteiger partial charge is 0.119 e. The van der Waals surface area contributed by atoms with Crippen LogP contribution in [-0.2, 0) is 6.54 Å². The van der Waals surface area contributed by atoms with Crippen LogP contribution in [0.2, 0.25) is 0 Å². The van der Waals surface area contributed by atoms with Gasteiger partial charge in [0.1, 0.15) is 5.75 Å². The third kappa shape index (κ3) is 3.31. The highest BCUT2D eigenvalue weighted by atomic mass is 16.5. The summed E-state index contributed by atoms with van der Waals surface area (Å²) in [5.74, 6) is 0.985. The molecule has 19 heavy (non-hydrogen) atoms. The number of nitrogens with one attached hydrogen (secondary N) is 2. The highest BCUT2D eigenvalue weighted by Crippen LogP contribution is 2.25. The number of rotatable bonds is 5. The molecule has 0 bridgehead atoms. The molecule has 0 amide bonds. The number of aromatic amines is 1. The Hall–Kier alpha value is -1.90. The van der Waals surface area contributed by atoms with Crippen molar-refractivity contribution in [1.82, 2.24) is 4.98 Å². The maximum Gasteiger partial charge on any atom is 0.119 e. The van der Waals surface area contributed by atoms with E-state index in [-0.39, 0.29) is 0 Å². The molecule has 3 heteroatoms. The first kappa shape index (κ1) is 12.2. The standard InChI is InChI=1S/C16H20N2O/c1-2-4-15(3-1)19-16-7-5-14(6-8-16)18-12-13-9-10-17-11-13/h5-11,15,17-18H,1-4,12H2. The molecule has 100 valence electrons. The first-order chi connectivity index (χ1) is 9.40. The first-order valence-electron chi connectivity index (χ1n) is 7.02. The molecule has 2 aromatic rings. The zero-order chi connectivity index (χ0) is 12.9. The molecule has 2 N–H and O–H groups in total. The lowest BCUT2D eigenvalue weighted by Gasteiger charge is -2.13. The molecule has 1 heterocycles. The predicted octanol–water partition coefficient (Wildman–Crippen LogP) is 3.95. The minimum Gasteiger partial charge on any atom is -0.490 e. The van der Waals surface area contributed by atoms with Gasteiger partial charge in [0.25, 0.3) is 0 Å². The molecule has 0 saturated heterocycles. The largest absolute Gasteiger partial charge is 0.490 e. The van der Waals surface area contributed by atoms with Crippen molar-refractivity contribution in [3.63, 3.8) is 0 Å². The molecular formula is C16H20N2O. The molecule has 0 spiro atoms. The van der Waals surface area contributed by atoms with Crippen LogP contribution in [0.25, 0.3) is 0 Å². The summed E-state index contributed by atoms with van der Waals surface area (Å²) in [6, 6.07) is 10.3. The third-order valence-corrected chi connectivity index (χ3v) is 3.62. The van der Waals surface area contributed by atoms with Crippen molar-refractivity contribution in [2.75, 3.05) is 5.32 Å². The Morgan fingerprint density at radius 1 is 1.11 bits per heavy atom. The number of H-pyrrole nitrogens is 1. The second-order valence-corrected chi connectivity index (χ2v) is 5.12. The van der Waals surface area contributed by atoms with Gasteiger partial charge in [0, 0.05) is 24.6 Å². The van der Waals surface area contributed by atoms with E-state index >= 15 is 0 Å². The fourth-order valence-corrected chi connectivity index (χ4v) is 2.52. The summed E-state index contributed by atoms with van der Waals surface area (Å²) in [6.45, 7) is 0.840. The van der Waals surface area contributed by atoms with E-state index in [1.54, 1.807) is 0 Å². The molecule has 0 radical (unpaired) electrons. The van der Waals surface area contributed by atoms with Crippen LogP contribution in [0.5, 0.6) is 5.75 Å². The van der Waals surface area contributed by atoms with Gasteiger partial charge in [-0.2, -0.15) is 0 Å². The van der Waals surface area contributed by atoms with Crippen LogP contribution in [0.3, 0.4) is 0 Å². The molecule has 1 fully saturated rings. The average molecular weight is 256 g/mol. The van der Waals surface area contributed by atoms with Crippen LogP contribution < -0.4 is 10.1 Å². The predicted molar refractivity (Wildman–Crippen MR) is 77.4 cm³/mol. The molecule has 0 atom stereocenters. The Morgan fingerprint density at radius 2 is 1.89 bits per heavy atom. The number of anilines is 1. The van der Waals surface area contributed by atoms with Crippen molar-refractivity contribution in [3.05, 3.63) is 48.3 Å². The molecule has 3 nitrogen and oxygen atoms in total. The van der Waals surface area contributed by atoms with Crippen LogP contribution >= 0.6 is 0 Å². The molecule has 1 aliphatic carbocycles. The monoisotopic (exact) mass is 256 g/mol. The second kappa shape index (κ2) is 5.83. The van der Waals surface area contributed by atoms with E-state index in [2.05, 4.69) is 40.6 Å². The quantitative estimate of drug-likeness (QED) is 0.850. The average Bonchev–Trinajstić information content (AvgIpc) is 3.11. The molecular weight excluding hydrogens is 236 g/mol. The minimum absolute atomic E-state index is 0.429. The van der Waals surface area contributed by atoms with Gasteiger partial charge in [-0.1, -0.05) is 0 Å². The molecule has 3 rings (SSSR count). The maximum atomic E-state index is 5.95. The molecule has 0 unspecified atom stereocenters. The number of ether oxygens (including phenoxy) is 1. The van der Waals surface area contributed by atoms with Crippen LogP contribution in [-0.4, -0.2) is 11.1 Å². The molecule has 1 aromatic heterocycles. The van der Waals surface area contributed by atoms with Crippen molar-refractivity contribution < 1.29 is 4.74 Å². The fourth-order valence-electron chi connectivity index (χ4n) is 2.52. The van der Waals surface area contributed by atoms with Crippen molar-refractivity contribution in [2.24, 2.45) is 0 Å². The van der Waals surface area contributed by atoms with Gasteiger partial charge < -0.3 is 15.0 Å². The summed E-state index contributed by atoms with van der Waals surface area (Å²) in [7, 11) is 0. The summed E-state index contributed by atoms with van der Waals surface area (Å²) in [5, 5.41) is 3.39. The van der Waals surface area contributed by atoms with Gasteiger partial charge in [-0.15, -0.1) is 0 Å². The minimum atomic E-state index is 0.429. The van der Waals surface area contributed by atoms with Crippen molar-refractivity contribution >= 4 is 5.69 Å². The number of aromatic nitrogens is 1. The lowest BCUT2D eigenvalue weighted by molar-refractivity contribution is 0.210. The van der Waals surface area contributed by atoms with Crippen molar-refractivity contribution in [3.8, 4) is 5.75 Å². The summed E-state index contributed by atoms with van der Waals surface area (Å²) in [5.41, 5.74) is 2.38. The van der Waals surface area contributed by atoms with Crippen LogP contribution in [0.1, 0.15) is 31.2 Å². The Morgan fingerprint density at radius 3 is 2.58 bits per heavy atom. The fraction of sp³-hybridized carbons (Fsp3) is 0.375. The third-order valence-electron chi connectivity index (χ3n) is 3.62. The van der Waals surface area contributed by atoms with E-state index in [4.69, 9.17) is 4.74 Å². The number of hydrogen-bond acceptors (Lipinski definition) is 2. The Balaban J connectivity index is 1.53. The van der Waals surface area contributed by atoms with Gasteiger partial charge in [-0.05, 0) is 61.6 Å². The number of hydrogen-bond donors (Lipinski definition) is 2. The van der Waals surface area contributed by atoms with E-state index in [1.165, 1.54) is 31.2 Å². The second-order valence-electron chi connectivity index (χ2n) is 5.12. The van der Waals surface area contributed by atoms with E-state index in [0.717, 1.165) is 18.0 Å². The normalized spacial score (nSPS) is 15.6. The molecule has 0 aliphatic heterocycles. The maximum absolute atomic E-state index is 5.95. The van der Waals surface area contributed by atoms with Gasteiger partial charge in [-0.3, -0.25) is 0 Å². The summed E-state index contributed by atoms with van der Waals surface area (Å²) in [6.07, 6.45) is 9.39. The lowest BCUT2D eigenvalue weighted by atomic mass is 10.2. The van der Waals surface area contributed by atoms with Gasteiger partial charge in [0.15, 0.2) is 0 Å². The molecule has 1 aromatic carbocycles. The van der Waals surface area contributed by atoms with E-state index in [0.29, 0.717) is 6.10 Å². The Kier molecular flexibility index (Phi) is 3.73. The van der Waals surface area contributed by atoms with E-state index < -0.39 is 0 Å². The van der Waals surface area contributed by atoms with Gasteiger partial charge in [-0.25, -0.2) is 0 Å². The topological polar surface area (TPSA) is 37.0 Å². The van der Waals surface area contributed by atoms with Gasteiger partial charge in [0.05, 0.1) is 6.10 Å². The SMILES string of the molecule is c1cc(CNc2ccc(OC3CCCC3)cc2)c[nH]1.